The van der Waals surface area contributed by atoms with Gasteiger partial charge < -0.3 is 14.2 Å². The predicted octanol–water partition coefficient (Wildman–Crippen LogP) is 5.07. The van der Waals surface area contributed by atoms with Crippen LogP contribution in [0.3, 0.4) is 0 Å². The normalized spacial score (nSPS) is 19.4. The van der Waals surface area contributed by atoms with Crippen LogP contribution < -0.4 is 0 Å². The number of carbonyl (C=O) groups excluding carboxylic acids is 2. The molecule has 0 aliphatic carbocycles. The van der Waals surface area contributed by atoms with Gasteiger partial charge in [0, 0.05) is 12.6 Å². The average Bonchev–Trinajstić information content (AvgIpc) is 3.48. The summed E-state index contributed by atoms with van der Waals surface area (Å²) < 4.78 is 19.3. The number of carbonyl (C=O) groups is 2. The number of nitrogens with zero attached hydrogens (tertiary/aromatic N) is 3. The molecule has 0 saturated carbocycles. The van der Waals surface area contributed by atoms with Gasteiger partial charge in [0.25, 0.3) is 0 Å². The zero-order valence-electron chi connectivity index (χ0n) is 19.8. The molecule has 0 bridgehead atoms. The van der Waals surface area contributed by atoms with Crippen molar-refractivity contribution in [3.05, 3.63) is 94.4 Å². The monoisotopic (exact) mass is 505 g/mol. The maximum absolute atomic E-state index is 12.9. The minimum Gasteiger partial charge on any atom is -0.459 e. The molecule has 0 spiro atoms. The average molecular weight is 506 g/mol. The highest BCUT2D eigenvalue weighted by Gasteiger charge is 2.40. The number of pyridine rings is 1. The Morgan fingerprint density at radius 1 is 0.972 bits per heavy atom. The first-order chi connectivity index (χ1) is 17.4. The number of ether oxygens (including phenoxy) is 3. The van der Waals surface area contributed by atoms with Crippen molar-refractivity contribution in [3.63, 3.8) is 0 Å². The molecule has 1 aliphatic rings. The topological polar surface area (TPSA) is 92.5 Å². The summed E-state index contributed by atoms with van der Waals surface area (Å²) >= 11 is 6.25. The lowest BCUT2D eigenvalue weighted by Crippen LogP contribution is -2.32. The van der Waals surface area contributed by atoms with Gasteiger partial charge in [0.1, 0.15) is 30.6 Å². The first-order valence-electron chi connectivity index (χ1n) is 11.5. The Kier molecular flexibility index (Phi) is 6.71. The fraction of sp³-hybridized carbons (Fsp3) is 0.259. The Labute approximate surface area is 212 Å². The molecule has 2 unspecified atom stereocenters. The summed E-state index contributed by atoms with van der Waals surface area (Å²) in [5.74, 6) is -0.956. The van der Waals surface area contributed by atoms with Crippen molar-refractivity contribution in [1.82, 2.24) is 14.5 Å². The summed E-state index contributed by atoms with van der Waals surface area (Å²) in [6, 6.07) is 15.9. The summed E-state index contributed by atoms with van der Waals surface area (Å²) in [5.41, 5.74) is 4.04. The molecule has 1 saturated heterocycles. The second-order valence-electron chi connectivity index (χ2n) is 8.76. The number of aryl methyl sites for hydroxylation is 2. The maximum atomic E-state index is 12.9. The third-order valence-electron chi connectivity index (χ3n) is 6.11. The number of halogens is 1. The Bertz CT molecular complexity index is 1400. The van der Waals surface area contributed by atoms with Crippen LogP contribution in [0.2, 0.25) is 5.02 Å². The molecule has 0 amide bonds. The predicted molar refractivity (Wildman–Crippen MR) is 133 cm³/mol. The fourth-order valence-corrected chi connectivity index (χ4v) is 4.27. The number of fused-ring (bicyclic) bond motifs is 1. The molecular weight excluding hydrogens is 482 g/mol. The Morgan fingerprint density at radius 2 is 1.61 bits per heavy atom. The van der Waals surface area contributed by atoms with Crippen molar-refractivity contribution in [1.29, 1.82) is 0 Å². The van der Waals surface area contributed by atoms with E-state index in [0.29, 0.717) is 33.7 Å². The third-order valence-corrected chi connectivity index (χ3v) is 6.42. The number of imidazole rings is 1. The molecule has 3 atom stereocenters. The van der Waals surface area contributed by atoms with Gasteiger partial charge in [0.05, 0.1) is 22.5 Å². The van der Waals surface area contributed by atoms with Gasteiger partial charge in [0.15, 0.2) is 5.65 Å². The van der Waals surface area contributed by atoms with E-state index in [0.717, 1.165) is 11.1 Å². The summed E-state index contributed by atoms with van der Waals surface area (Å²) in [5, 5.41) is 0.475. The summed E-state index contributed by atoms with van der Waals surface area (Å²) in [6.07, 6.45) is 1.62. The van der Waals surface area contributed by atoms with Gasteiger partial charge in [-0.25, -0.2) is 19.6 Å². The highest BCUT2D eigenvalue weighted by Crippen LogP contribution is 2.34. The molecule has 0 radical (unpaired) electrons. The second-order valence-corrected chi connectivity index (χ2v) is 9.16. The van der Waals surface area contributed by atoms with E-state index in [2.05, 4.69) is 9.97 Å². The molecule has 8 nitrogen and oxygen atoms in total. The zero-order chi connectivity index (χ0) is 25.2. The van der Waals surface area contributed by atoms with Crippen molar-refractivity contribution in [2.24, 2.45) is 0 Å². The lowest BCUT2D eigenvalue weighted by molar-refractivity contribution is -0.0563. The highest BCUT2D eigenvalue weighted by molar-refractivity contribution is 6.34. The van der Waals surface area contributed by atoms with Gasteiger partial charge in [-0.15, -0.1) is 0 Å². The quantitative estimate of drug-likeness (QED) is 0.338. The van der Waals surface area contributed by atoms with Crippen molar-refractivity contribution in [3.8, 4) is 0 Å². The van der Waals surface area contributed by atoms with E-state index in [1.807, 2.05) is 38.1 Å². The summed E-state index contributed by atoms with van der Waals surface area (Å²) in [7, 11) is 0. The molecule has 1 aliphatic heterocycles. The largest absolute Gasteiger partial charge is 0.459 e. The summed E-state index contributed by atoms with van der Waals surface area (Å²) in [6.45, 7) is 3.80. The van der Waals surface area contributed by atoms with Crippen LogP contribution >= 0.6 is 11.6 Å². The van der Waals surface area contributed by atoms with Crippen LogP contribution in [-0.4, -0.2) is 45.3 Å². The third kappa shape index (κ3) is 4.96. The van der Waals surface area contributed by atoms with E-state index < -0.39 is 30.4 Å². The maximum Gasteiger partial charge on any atom is 0.338 e. The molecular formula is C27H24ClN3O5. The SMILES string of the molecule is Cc1ccc(C(=O)OC[C@H]2OC(n3cnc4c(Cl)ccnc43)CC2OC(=O)c2ccc(C)cc2)cc1. The zero-order valence-corrected chi connectivity index (χ0v) is 20.5. The number of aromatic nitrogens is 3. The van der Waals surface area contributed by atoms with Gasteiger partial charge in [-0.1, -0.05) is 47.0 Å². The van der Waals surface area contributed by atoms with Crippen LogP contribution in [0.15, 0.2) is 67.1 Å². The Balaban J connectivity index is 1.36. The lowest BCUT2D eigenvalue weighted by Gasteiger charge is -2.19. The first-order valence-corrected chi connectivity index (χ1v) is 11.9. The smallest absolute Gasteiger partial charge is 0.338 e. The van der Waals surface area contributed by atoms with Crippen molar-refractivity contribution in [2.75, 3.05) is 6.61 Å². The van der Waals surface area contributed by atoms with Crippen molar-refractivity contribution < 1.29 is 23.8 Å². The number of esters is 2. The number of rotatable bonds is 6. The van der Waals surface area contributed by atoms with Crippen LogP contribution in [0.4, 0.5) is 0 Å². The molecule has 3 heterocycles. The van der Waals surface area contributed by atoms with Gasteiger partial charge in [-0.3, -0.25) is 4.57 Å². The fourth-order valence-electron chi connectivity index (χ4n) is 4.09. The molecule has 5 rings (SSSR count). The minimum absolute atomic E-state index is 0.0874. The minimum atomic E-state index is -0.685. The van der Waals surface area contributed by atoms with Gasteiger partial charge >= 0.3 is 11.9 Å². The van der Waals surface area contributed by atoms with E-state index in [1.54, 1.807) is 47.4 Å². The molecule has 2 aromatic heterocycles. The molecule has 2 aromatic carbocycles. The van der Waals surface area contributed by atoms with Crippen molar-refractivity contribution >= 4 is 34.7 Å². The molecule has 1 fully saturated rings. The second kappa shape index (κ2) is 10.1. The van der Waals surface area contributed by atoms with Crippen LogP contribution in [0, 0.1) is 13.8 Å². The van der Waals surface area contributed by atoms with Crippen LogP contribution in [0.1, 0.15) is 44.5 Å². The van der Waals surface area contributed by atoms with E-state index in [4.69, 9.17) is 25.8 Å². The first kappa shape index (κ1) is 24.0. The van der Waals surface area contributed by atoms with Gasteiger partial charge in [-0.2, -0.15) is 0 Å². The Morgan fingerprint density at radius 3 is 2.28 bits per heavy atom. The van der Waals surface area contributed by atoms with E-state index in [-0.39, 0.29) is 6.61 Å². The van der Waals surface area contributed by atoms with Crippen LogP contribution in [0.5, 0.6) is 0 Å². The van der Waals surface area contributed by atoms with E-state index in [9.17, 15) is 9.59 Å². The highest BCUT2D eigenvalue weighted by atomic mass is 35.5. The number of hydrogen-bond acceptors (Lipinski definition) is 7. The number of benzene rings is 2. The molecule has 4 aromatic rings. The standard InChI is InChI=1S/C27H24ClN3O5/c1-16-3-7-18(8-4-16)26(32)34-14-22-21(36-27(33)19-9-5-17(2)6-10-19)13-23(35-22)31-15-30-24-20(28)11-12-29-25(24)31/h3-12,15,21-23H,13-14H2,1-2H3/t21?,22-,23?/m1/s1. The van der Waals surface area contributed by atoms with Crippen molar-refractivity contribution in [2.45, 2.75) is 38.7 Å². The van der Waals surface area contributed by atoms with E-state index in [1.165, 1.54) is 0 Å². The Hall–Kier alpha value is -3.75. The van der Waals surface area contributed by atoms with E-state index >= 15 is 0 Å². The van der Waals surface area contributed by atoms with Gasteiger partial charge in [-0.05, 0) is 44.2 Å². The van der Waals surface area contributed by atoms with Gasteiger partial charge in [0.2, 0.25) is 0 Å². The molecule has 0 N–H and O–H groups in total. The molecule has 184 valence electrons. The lowest BCUT2D eigenvalue weighted by atomic mass is 10.1. The summed E-state index contributed by atoms with van der Waals surface area (Å²) in [4.78, 5) is 34.2. The number of hydrogen-bond donors (Lipinski definition) is 0. The van der Waals surface area contributed by atoms with Crippen LogP contribution in [-0.2, 0) is 14.2 Å². The molecule has 36 heavy (non-hydrogen) atoms. The van der Waals surface area contributed by atoms with Crippen LogP contribution in [0.25, 0.3) is 11.2 Å². The molecule has 9 heteroatoms.